The van der Waals surface area contributed by atoms with Gasteiger partial charge in [0.25, 0.3) is 0 Å². The second-order valence-corrected chi connectivity index (χ2v) is 11.5. The van der Waals surface area contributed by atoms with E-state index in [0.717, 1.165) is 11.1 Å². The number of rotatable bonds is 11. The molecule has 0 saturated carbocycles. The fraction of sp³-hybridized carbons (Fsp3) is 0.438. The van der Waals surface area contributed by atoms with Crippen molar-refractivity contribution in [2.45, 2.75) is 82.2 Å². The standard InChI is InChI=1S/C32H39BrS/c1-4-5-6-7-8-13-20-34-22-26-19-18-25(21-33)30-24(3)28-16-11-12-17-29(28)32(31(26)30)27-15-10-9-14-23(27)2/h9-12,14-19,24,32H,4-8,13,20-22H2,1-3H3. The van der Waals surface area contributed by atoms with Crippen molar-refractivity contribution in [3.8, 4) is 0 Å². The van der Waals surface area contributed by atoms with Crippen molar-refractivity contribution < 1.29 is 0 Å². The molecular weight excluding hydrogens is 496 g/mol. The third kappa shape index (κ3) is 5.49. The van der Waals surface area contributed by atoms with Crippen molar-refractivity contribution in [1.29, 1.82) is 0 Å². The number of fused-ring (bicyclic) bond motifs is 2. The highest BCUT2D eigenvalue weighted by Crippen LogP contribution is 2.50. The summed E-state index contributed by atoms with van der Waals surface area (Å²) in [6, 6.07) is 23.0. The molecule has 1 aliphatic carbocycles. The molecule has 0 saturated heterocycles. The van der Waals surface area contributed by atoms with Crippen LogP contribution < -0.4 is 0 Å². The largest absolute Gasteiger partial charge is 0.157 e. The second kappa shape index (κ2) is 12.5. The van der Waals surface area contributed by atoms with Gasteiger partial charge in [-0.2, -0.15) is 11.8 Å². The lowest BCUT2D eigenvalue weighted by Crippen LogP contribution is -2.21. The molecule has 3 aromatic carbocycles. The van der Waals surface area contributed by atoms with E-state index in [0.29, 0.717) is 11.8 Å². The first kappa shape index (κ1) is 25.6. The lowest BCUT2D eigenvalue weighted by atomic mass is 9.68. The highest BCUT2D eigenvalue weighted by Gasteiger charge is 2.34. The zero-order valence-electron chi connectivity index (χ0n) is 21.1. The smallest absolute Gasteiger partial charge is 0.0351 e. The molecule has 0 spiro atoms. The number of hydrogen-bond donors (Lipinski definition) is 0. The van der Waals surface area contributed by atoms with Crippen LogP contribution in [0.3, 0.4) is 0 Å². The fourth-order valence-corrected chi connectivity index (χ4v) is 7.21. The minimum absolute atomic E-state index is 0.312. The molecule has 0 aliphatic heterocycles. The number of thioether (sulfide) groups is 1. The van der Waals surface area contributed by atoms with Gasteiger partial charge in [-0.1, -0.05) is 123 Å². The van der Waals surface area contributed by atoms with Gasteiger partial charge in [0, 0.05) is 22.9 Å². The maximum atomic E-state index is 3.81. The lowest BCUT2D eigenvalue weighted by molar-refractivity contribution is 0.627. The van der Waals surface area contributed by atoms with Crippen LogP contribution in [0.1, 0.15) is 109 Å². The van der Waals surface area contributed by atoms with Crippen LogP contribution in [0.4, 0.5) is 0 Å². The molecule has 4 rings (SSSR count). The number of aryl methyl sites for hydroxylation is 1. The minimum Gasteiger partial charge on any atom is -0.157 e. The highest BCUT2D eigenvalue weighted by atomic mass is 79.9. The molecule has 0 N–H and O–H groups in total. The summed E-state index contributed by atoms with van der Waals surface area (Å²) >= 11 is 5.94. The number of alkyl halides is 1. The first-order chi connectivity index (χ1) is 16.7. The van der Waals surface area contributed by atoms with Crippen LogP contribution in [0.2, 0.25) is 0 Å². The lowest BCUT2D eigenvalue weighted by Gasteiger charge is -2.36. The van der Waals surface area contributed by atoms with E-state index in [1.807, 2.05) is 0 Å². The van der Waals surface area contributed by atoms with E-state index in [4.69, 9.17) is 0 Å². The van der Waals surface area contributed by atoms with Crippen molar-refractivity contribution in [2.24, 2.45) is 0 Å². The summed E-state index contributed by atoms with van der Waals surface area (Å²) in [5, 5.41) is 0.910. The first-order valence-electron chi connectivity index (χ1n) is 13.1. The summed E-state index contributed by atoms with van der Waals surface area (Å²) < 4.78 is 0. The maximum Gasteiger partial charge on any atom is 0.0351 e. The van der Waals surface area contributed by atoms with E-state index in [-0.39, 0.29) is 0 Å². The quantitative estimate of drug-likeness (QED) is 0.174. The molecule has 0 bridgehead atoms. The Bertz CT molecular complexity index is 1090. The Morgan fingerprint density at radius 1 is 0.735 bits per heavy atom. The molecule has 0 nitrogen and oxygen atoms in total. The molecule has 0 radical (unpaired) electrons. The molecule has 2 atom stereocenters. The van der Waals surface area contributed by atoms with Crippen LogP contribution in [0.5, 0.6) is 0 Å². The Labute approximate surface area is 220 Å². The number of hydrogen-bond acceptors (Lipinski definition) is 1. The van der Waals surface area contributed by atoms with Crippen molar-refractivity contribution in [3.63, 3.8) is 0 Å². The molecule has 3 aromatic rings. The molecule has 34 heavy (non-hydrogen) atoms. The minimum atomic E-state index is 0.312. The third-order valence-corrected chi connectivity index (χ3v) is 9.20. The monoisotopic (exact) mass is 534 g/mol. The third-order valence-electron chi connectivity index (χ3n) is 7.51. The number of unbranched alkanes of at least 4 members (excludes halogenated alkanes) is 5. The molecule has 0 heterocycles. The van der Waals surface area contributed by atoms with Crippen LogP contribution in [0.15, 0.2) is 60.7 Å². The Morgan fingerprint density at radius 2 is 1.38 bits per heavy atom. The summed E-state index contributed by atoms with van der Waals surface area (Å²) in [7, 11) is 0. The zero-order valence-corrected chi connectivity index (χ0v) is 23.5. The van der Waals surface area contributed by atoms with Gasteiger partial charge in [-0.05, 0) is 63.6 Å². The molecule has 0 amide bonds. The van der Waals surface area contributed by atoms with E-state index in [1.54, 1.807) is 11.1 Å². The van der Waals surface area contributed by atoms with Gasteiger partial charge in [0.15, 0.2) is 0 Å². The van der Waals surface area contributed by atoms with E-state index >= 15 is 0 Å². The average Bonchev–Trinajstić information content (AvgIpc) is 2.86. The van der Waals surface area contributed by atoms with Gasteiger partial charge < -0.3 is 0 Å². The molecule has 1 aliphatic rings. The predicted octanol–water partition coefficient (Wildman–Crippen LogP) is 10.1. The maximum absolute atomic E-state index is 3.81. The van der Waals surface area contributed by atoms with E-state index in [2.05, 4.69) is 109 Å². The van der Waals surface area contributed by atoms with Crippen LogP contribution in [-0.2, 0) is 11.1 Å². The average molecular weight is 536 g/mol. The van der Waals surface area contributed by atoms with Crippen molar-refractivity contribution in [2.75, 3.05) is 5.75 Å². The fourth-order valence-electron chi connectivity index (χ4n) is 5.70. The van der Waals surface area contributed by atoms with E-state index < -0.39 is 0 Å². The second-order valence-electron chi connectivity index (χ2n) is 9.81. The molecule has 2 heteroatoms. The Hall–Kier alpha value is -1.51. The molecule has 2 unspecified atom stereocenters. The van der Waals surface area contributed by atoms with Gasteiger partial charge in [-0.25, -0.2) is 0 Å². The molecular formula is C32H39BrS. The molecule has 0 aromatic heterocycles. The van der Waals surface area contributed by atoms with Crippen LogP contribution >= 0.6 is 27.7 Å². The molecule has 0 fully saturated rings. The van der Waals surface area contributed by atoms with Gasteiger partial charge >= 0.3 is 0 Å². The summed E-state index contributed by atoms with van der Waals surface area (Å²) in [6.07, 6.45) is 8.24. The first-order valence-corrected chi connectivity index (χ1v) is 15.4. The zero-order chi connectivity index (χ0) is 23.9. The van der Waals surface area contributed by atoms with Crippen LogP contribution in [0, 0.1) is 6.92 Å². The normalized spacial score (nSPS) is 16.8. The Morgan fingerprint density at radius 3 is 2.12 bits per heavy atom. The summed E-state index contributed by atoms with van der Waals surface area (Å²) in [5.41, 5.74) is 11.9. The number of halogens is 1. The summed E-state index contributed by atoms with van der Waals surface area (Å²) in [6.45, 7) is 6.98. The molecule has 180 valence electrons. The van der Waals surface area contributed by atoms with Crippen LogP contribution in [0.25, 0.3) is 0 Å². The van der Waals surface area contributed by atoms with Gasteiger partial charge in [-0.15, -0.1) is 0 Å². The van der Waals surface area contributed by atoms with Crippen molar-refractivity contribution >= 4 is 27.7 Å². The highest BCUT2D eigenvalue weighted by molar-refractivity contribution is 9.08. The Balaban J connectivity index is 1.68. The van der Waals surface area contributed by atoms with Gasteiger partial charge in [0.1, 0.15) is 0 Å². The van der Waals surface area contributed by atoms with Gasteiger partial charge in [-0.3, -0.25) is 0 Å². The predicted molar refractivity (Wildman–Crippen MR) is 155 cm³/mol. The SMILES string of the molecule is CCCCCCCCSCc1ccc(CBr)c2c1C(c1ccccc1C)c1ccccc1C2C. The summed E-state index contributed by atoms with van der Waals surface area (Å²) in [4.78, 5) is 0. The number of benzene rings is 3. The van der Waals surface area contributed by atoms with Crippen LogP contribution in [-0.4, -0.2) is 5.75 Å². The van der Waals surface area contributed by atoms with E-state index in [1.165, 1.54) is 77.7 Å². The van der Waals surface area contributed by atoms with Crippen molar-refractivity contribution in [1.82, 2.24) is 0 Å². The van der Waals surface area contributed by atoms with Gasteiger partial charge in [0.05, 0.1) is 0 Å². The van der Waals surface area contributed by atoms with Crippen molar-refractivity contribution in [3.05, 3.63) is 105 Å². The van der Waals surface area contributed by atoms with Gasteiger partial charge in [0.2, 0.25) is 0 Å². The van der Waals surface area contributed by atoms with E-state index in [9.17, 15) is 0 Å². The summed E-state index contributed by atoms with van der Waals surface area (Å²) in [5.74, 6) is 3.11. The topological polar surface area (TPSA) is 0 Å². The Kier molecular flexibility index (Phi) is 9.37.